The van der Waals surface area contributed by atoms with Gasteiger partial charge < -0.3 is 10.1 Å². The maximum absolute atomic E-state index is 11.7. The van der Waals surface area contributed by atoms with E-state index in [1.165, 1.54) is 7.11 Å². The van der Waals surface area contributed by atoms with E-state index in [9.17, 15) is 4.79 Å². The Balaban J connectivity index is 2.27. The van der Waals surface area contributed by atoms with E-state index >= 15 is 0 Å². The number of hydrogen-bond donors (Lipinski definition) is 1. The molecule has 6 heteroatoms. The average molecular weight is 361 g/mol. The average Bonchev–Trinajstić information content (AvgIpc) is 2.47. The number of methoxy groups -OCH3 is 1. The summed E-state index contributed by atoms with van der Waals surface area (Å²) in [5.74, 6) is 0.789. The van der Waals surface area contributed by atoms with Gasteiger partial charge in [0.1, 0.15) is 5.54 Å². The number of nitrogens with zero attached hydrogens (tertiary/aromatic N) is 1. The molecule has 1 aromatic rings. The van der Waals surface area contributed by atoms with Crippen molar-refractivity contribution in [3.05, 3.63) is 22.8 Å². The molecule has 1 unspecified atom stereocenters. The lowest BCUT2D eigenvalue weighted by atomic mass is 9.95. The van der Waals surface area contributed by atoms with Crippen molar-refractivity contribution >= 4 is 33.7 Å². The Kier molecular flexibility index (Phi) is 7.55. The van der Waals surface area contributed by atoms with E-state index in [4.69, 9.17) is 4.74 Å². The van der Waals surface area contributed by atoms with Gasteiger partial charge in [0, 0.05) is 10.7 Å². The molecular weight excluding hydrogens is 340 g/mol. The highest BCUT2D eigenvalue weighted by Gasteiger charge is 2.31. The molecule has 1 heterocycles. The molecule has 1 N–H and O–H groups in total. The van der Waals surface area contributed by atoms with Gasteiger partial charge in [0.2, 0.25) is 0 Å². The lowest BCUT2D eigenvalue weighted by molar-refractivity contribution is -0.148. The number of thioether (sulfide) groups is 1. The maximum Gasteiger partial charge on any atom is 0.325 e. The number of carbonyl (C=O) groups is 1. The second-order valence-electron chi connectivity index (χ2n) is 4.69. The number of carbonyl (C=O) groups excluding carboxylic acids is 1. The standard InChI is InChI=1S/C14H21BrN2O2S/c1-14(16-2,13(18)19-3)8-4-5-9-20-12-7-6-11(15)10-17-12/h6-7,10,16H,4-5,8-9H2,1-3H3. The topological polar surface area (TPSA) is 51.2 Å². The van der Waals surface area contributed by atoms with Crippen LogP contribution in [0.1, 0.15) is 26.2 Å². The molecule has 1 atom stereocenters. The first-order chi connectivity index (χ1) is 9.51. The molecular formula is C14H21BrN2O2S. The van der Waals surface area contributed by atoms with Crippen LogP contribution in [0.15, 0.2) is 27.8 Å². The molecule has 1 aromatic heterocycles. The van der Waals surface area contributed by atoms with Crippen molar-refractivity contribution < 1.29 is 9.53 Å². The Morgan fingerprint density at radius 2 is 2.25 bits per heavy atom. The summed E-state index contributed by atoms with van der Waals surface area (Å²) < 4.78 is 5.81. The first-order valence-electron chi connectivity index (χ1n) is 6.53. The quantitative estimate of drug-likeness (QED) is 0.438. The van der Waals surface area contributed by atoms with Crippen LogP contribution in [0.3, 0.4) is 0 Å². The van der Waals surface area contributed by atoms with Crippen LogP contribution in [0, 0.1) is 0 Å². The van der Waals surface area contributed by atoms with Crippen molar-refractivity contribution in [1.82, 2.24) is 10.3 Å². The van der Waals surface area contributed by atoms with E-state index in [0.29, 0.717) is 0 Å². The molecule has 0 amide bonds. The fourth-order valence-electron chi connectivity index (χ4n) is 1.76. The van der Waals surface area contributed by atoms with Crippen LogP contribution in [0.2, 0.25) is 0 Å². The zero-order chi connectivity index (χ0) is 15.0. The molecule has 0 aromatic carbocycles. The van der Waals surface area contributed by atoms with Gasteiger partial charge in [-0.15, -0.1) is 11.8 Å². The summed E-state index contributed by atoms with van der Waals surface area (Å²) in [5.41, 5.74) is -0.588. The zero-order valence-corrected chi connectivity index (χ0v) is 14.5. The number of unbranched alkanes of at least 4 members (excludes halogenated alkanes) is 1. The normalized spacial score (nSPS) is 13.8. The summed E-state index contributed by atoms with van der Waals surface area (Å²) in [5, 5.41) is 4.07. The van der Waals surface area contributed by atoms with E-state index < -0.39 is 5.54 Å². The van der Waals surface area contributed by atoms with Crippen molar-refractivity contribution in [3.63, 3.8) is 0 Å². The Bertz CT molecular complexity index is 428. The summed E-state index contributed by atoms with van der Waals surface area (Å²) in [4.78, 5) is 16.0. The van der Waals surface area contributed by atoms with Crippen molar-refractivity contribution in [1.29, 1.82) is 0 Å². The number of aromatic nitrogens is 1. The van der Waals surface area contributed by atoms with Gasteiger partial charge in [-0.3, -0.25) is 4.79 Å². The smallest absolute Gasteiger partial charge is 0.325 e. The van der Waals surface area contributed by atoms with Crippen LogP contribution < -0.4 is 5.32 Å². The minimum atomic E-state index is -0.588. The highest BCUT2D eigenvalue weighted by Crippen LogP contribution is 2.21. The van der Waals surface area contributed by atoms with Gasteiger partial charge >= 0.3 is 5.97 Å². The molecule has 0 saturated carbocycles. The highest BCUT2D eigenvalue weighted by atomic mass is 79.9. The van der Waals surface area contributed by atoms with Gasteiger partial charge in [0.15, 0.2) is 0 Å². The molecule has 0 radical (unpaired) electrons. The fourth-order valence-corrected chi connectivity index (χ4v) is 2.84. The third-order valence-electron chi connectivity index (χ3n) is 3.21. The van der Waals surface area contributed by atoms with Gasteiger partial charge in [0.25, 0.3) is 0 Å². The molecule has 0 saturated heterocycles. The zero-order valence-electron chi connectivity index (χ0n) is 12.1. The van der Waals surface area contributed by atoms with E-state index in [0.717, 1.165) is 34.5 Å². The highest BCUT2D eigenvalue weighted by molar-refractivity contribution is 9.10. The molecule has 1 rings (SSSR count). The van der Waals surface area contributed by atoms with E-state index in [1.54, 1.807) is 25.0 Å². The summed E-state index contributed by atoms with van der Waals surface area (Å²) in [6, 6.07) is 3.99. The third kappa shape index (κ3) is 5.42. The number of likely N-dealkylation sites (N-methyl/N-ethyl adjacent to an activating group) is 1. The van der Waals surface area contributed by atoms with E-state index in [-0.39, 0.29) is 5.97 Å². The number of rotatable bonds is 8. The van der Waals surface area contributed by atoms with Gasteiger partial charge in [-0.1, -0.05) is 6.42 Å². The van der Waals surface area contributed by atoms with Crippen molar-refractivity contribution in [2.24, 2.45) is 0 Å². The van der Waals surface area contributed by atoms with Crippen molar-refractivity contribution in [3.8, 4) is 0 Å². The molecule has 0 aliphatic heterocycles. The summed E-state index contributed by atoms with van der Waals surface area (Å²) in [7, 11) is 3.21. The lowest BCUT2D eigenvalue weighted by Gasteiger charge is -2.25. The van der Waals surface area contributed by atoms with Crippen LogP contribution in [0.4, 0.5) is 0 Å². The van der Waals surface area contributed by atoms with E-state index in [2.05, 4.69) is 26.2 Å². The minimum Gasteiger partial charge on any atom is -0.468 e. The van der Waals surface area contributed by atoms with Crippen LogP contribution >= 0.6 is 27.7 Å². The molecule has 4 nitrogen and oxygen atoms in total. The van der Waals surface area contributed by atoms with Crippen LogP contribution in [0.25, 0.3) is 0 Å². The van der Waals surface area contributed by atoms with Crippen molar-refractivity contribution in [2.45, 2.75) is 36.8 Å². The van der Waals surface area contributed by atoms with Crippen LogP contribution in [-0.4, -0.2) is 36.4 Å². The maximum atomic E-state index is 11.7. The Hall–Kier alpha value is -0.590. The Morgan fingerprint density at radius 1 is 1.50 bits per heavy atom. The summed E-state index contributed by atoms with van der Waals surface area (Å²) in [6.07, 6.45) is 4.58. The molecule has 0 spiro atoms. The number of esters is 1. The Morgan fingerprint density at radius 3 is 2.80 bits per heavy atom. The number of halogens is 1. The number of pyridine rings is 1. The predicted octanol–water partition coefficient (Wildman–Crippen LogP) is 3.26. The fraction of sp³-hybridized carbons (Fsp3) is 0.571. The number of nitrogens with one attached hydrogen (secondary N) is 1. The molecule has 0 aliphatic carbocycles. The van der Waals surface area contributed by atoms with Crippen molar-refractivity contribution in [2.75, 3.05) is 19.9 Å². The van der Waals surface area contributed by atoms with Gasteiger partial charge in [-0.2, -0.15) is 0 Å². The first-order valence-corrected chi connectivity index (χ1v) is 8.31. The van der Waals surface area contributed by atoms with E-state index in [1.807, 2.05) is 19.1 Å². The van der Waals surface area contributed by atoms with Gasteiger partial charge in [0.05, 0.1) is 12.1 Å². The SMILES string of the molecule is CNC(C)(CCCCSc1ccc(Br)cn1)C(=O)OC. The predicted molar refractivity (Wildman–Crippen MR) is 86.0 cm³/mol. The molecule has 0 aliphatic rings. The first kappa shape index (κ1) is 17.5. The van der Waals surface area contributed by atoms with Crippen LogP contribution in [0.5, 0.6) is 0 Å². The van der Waals surface area contributed by atoms with Gasteiger partial charge in [-0.25, -0.2) is 4.98 Å². The lowest BCUT2D eigenvalue weighted by Crippen LogP contribution is -2.48. The number of ether oxygens (including phenoxy) is 1. The largest absolute Gasteiger partial charge is 0.468 e. The molecule has 0 bridgehead atoms. The molecule has 20 heavy (non-hydrogen) atoms. The number of hydrogen-bond acceptors (Lipinski definition) is 5. The van der Waals surface area contributed by atoms with Crippen LogP contribution in [-0.2, 0) is 9.53 Å². The monoisotopic (exact) mass is 360 g/mol. The third-order valence-corrected chi connectivity index (χ3v) is 4.71. The minimum absolute atomic E-state index is 0.206. The second-order valence-corrected chi connectivity index (χ2v) is 6.72. The summed E-state index contributed by atoms with van der Waals surface area (Å²) >= 11 is 5.10. The molecule has 112 valence electrons. The second kappa shape index (κ2) is 8.64. The molecule has 0 fully saturated rings. The van der Waals surface area contributed by atoms with Gasteiger partial charge in [-0.05, 0) is 60.6 Å². The summed E-state index contributed by atoms with van der Waals surface area (Å²) in [6.45, 7) is 1.88. The Labute approximate surface area is 133 Å².